The van der Waals surface area contributed by atoms with E-state index in [4.69, 9.17) is 9.84 Å². The summed E-state index contributed by atoms with van der Waals surface area (Å²) in [5.41, 5.74) is 1.28. The first-order chi connectivity index (χ1) is 5.77. The van der Waals surface area contributed by atoms with Gasteiger partial charge in [-0.05, 0) is 13.8 Å². The Labute approximate surface area is 71.2 Å². The van der Waals surface area contributed by atoms with Crippen molar-refractivity contribution in [3.8, 4) is 5.75 Å². The molecule has 1 heterocycles. The fourth-order valence-electron chi connectivity index (χ4n) is 0.880. The van der Waals surface area contributed by atoms with E-state index in [1.54, 1.807) is 6.07 Å². The van der Waals surface area contributed by atoms with Crippen molar-refractivity contribution in [1.29, 1.82) is 0 Å². The molecule has 0 aliphatic rings. The zero-order chi connectivity index (χ0) is 8.97. The highest BCUT2D eigenvalue weighted by Crippen LogP contribution is 2.15. The maximum Gasteiger partial charge on any atom is 0.146 e. The summed E-state index contributed by atoms with van der Waals surface area (Å²) in [5.74, 6) is 0.618. The number of aromatic nitrogens is 2. The maximum atomic E-state index is 8.85. The molecule has 1 N–H and O–H groups in total. The smallest absolute Gasteiger partial charge is 0.146 e. The van der Waals surface area contributed by atoms with Gasteiger partial charge in [-0.15, -0.1) is 5.10 Å². The Morgan fingerprint density at radius 1 is 1.50 bits per heavy atom. The number of aliphatic hydroxyl groups excluding tert-OH is 1. The first-order valence-electron chi connectivity index (χ1n) is 3.84. The number of hydrogen-bond donors (Lipinski definition) is 1. The molecule has 1 aromatic rings. The van der Waals surface area contributed by atoms with Crippen LogP contribution in [0.4, 0.5) is 0 Å². The molecule has 12 heavy (non-hydrogen) atoms. The number of hydrogen-bond acceptors (Lipinski definition) is 4. The molecular weight excluding hydrogens is 156 g/mol. The molecule has 0 spiro atoms. The van der Waals surface area contributed by atoms with E-state index in [0.29, 0.717) is 18.1 Å². The topological polar surface area (TPSA) is 55.2 Å². The van der Waals surface area contributed by atoms with Crippen LogP contribution >= 0.6 is 0 Å². The van der Waals surface area contributed by atoms with E-state index in [-0.39, 0.29) is 6.61 Å². The van der Waals surface area contributed by atoms with E-state index in [2.05, 4.69) is 10.2 Å². The van der Waals surface area contributed by atoms with Gasteiger partial charge in [0, 0.05) is 6.07 Å². The molecule has 0 unspecified atom stereocenters. The lowest BCUT2D eigenvalue weighted by atomic mass is 10.3. The standard InChI is InChI=1S/C8H12N2O2/c1-3-12-8-4-6(2)9-10-7(8)5-11/h4,11H,3,5H2,1-2H3. The lowest BCUT2D eigenvalue weighted by molar-refractivity contribution is 0.259. The van der Waals surface area contributed by atoms with Gasteiger partial charge in [0.05, 0.1) is 18.9 Å². The maximum absolute atomic E-state index is 8.85. The average Bonchev–Trinajstić information content (AvgIpc) is 2.05. The third kappa shape index (κ3) is 1.92. The van der Waals surface area contributed by atoms with Gasteiger partial charge in [-0.3, -0.25) is 0 Å². The van der Waals surface area contributed by atoms with Crippen LogP contribution in [-0.4, -0.2) is 21.9 Å². The zero-order valence-corrected chi connectivity index (χ0v) is 7.24. The van der Waals surface area contributed by atoms with Gasteiger partial charge in [-0.25, -0.2) is 0 Å². The van der Waals surface area contributed by atoms with Gasteiger partial charge in [0.15, 0.2) is 0 Å². The molecule has 0 saturated heterocycles. The van der Waals surface area contributed by atoms with E-state index in [1.807, 2.05) is 13.8 Å². The highest BCUT2D eigenvalue weighted by molar-refractivity contribution is 5.27. The van der Waals surface area contributed by atoms with Gasteiger partial charge in [-0.2, -0.15) is 5.10 Å². The third-order valence-corrected chi connectivity index (χ3v) is 1.40. The first kappa shape index (κ1) is 8.93. The van der Waals surface area contributed by atoms with Crippen molar-refractivity contribution in [2.75, 3.05) is 6.61 Å². The van der Waals surface area contributed by atoms with Crippen LogP contribution in [0, 0.1) is 6.92 Å². The molecule has 0 amide bonds. The minimum absolute atomic E-state index is 0.136. The molecule has 0 aliphatic carbocycles. The molecule has 0 aromatic carbocycles. The monoisotopic (exact) mass is 168 g/mol. The van der Waals surface area contributed by atoms with Gasteiger partial charge in [-0.1, -0.05) is 0 Å². The average molecular weight is 168 g/mol. The molecular formula is C8H12N2O2. The van der Waals surface area contributed by atoms with E-state index >= 15 is 0 Å². The third-order valence-electron chi connectivity index (χ3n) is 1.40. The summed E-state index contributed by atoms with van der Waals surface area (Å²) in [6, 6.07) is 1.77. The lowest BCUT2D eigenvalue weighted by Gasteiger charge is -2.06. The number of aryl methyl sites for hydroxylation is 1. The molecule has 4 nitrogen and oxygen atoms in total. The lowest BCUT2D eigenvalue weighted by Crippen LogP contribution is -2.01. The zero-order valence-electron chi connectivity index (χ0n) is 7.24. The molecule has 1 rings (SSSR count). The van der Waals surface area contributed by atoms with Gasteiger partial charge < -0.3 is 9.84 Å². The van der Waals surface area contributed by atoms with Crippen molar-refractivity contribution >= 4 is 0 Å². The molecule has 66 valence electrons. The highest BCUT2D eigenvalue weighted by Gasteiger charge is 2.04. The van der Waals surface area contributed by atoms with Gasteiger partial charge in [0.2, 0.25) is 0 Å². The van der Waals surface area contributed by atoms with Crippen LogP contribution < -0.4 is 4.74 Å². The molecule has 0 bridgehead atoms. The summed E-state index contributed by atoms with van der Waals surface area (Å²) in [6.45, 7) is 4.15. The van der Waals surface area contributed by atoms with Gasteiger partial charge >= 0.3 is 0 Å². The summed E-state index contributed by atoms with van der Waals surface area (Å²) >= 11 is 0. The van der Waals surface area contributed by atoms with E-state index in [1.165, 1.54) is 0 Å². The fourth-order valence-corrected chi connectivity index (χ4v) is 0.880. The Kier molecular flexibility index (Phi) is 2.99. The largest absolute Gasteiger partial charge is 0.492 e. The normalized spacial score (nSPS) is 9.92. The minimum Gasteiger partial charge on any atom is -0.492 e. The molecule has 0 atom stereocenters. The predicted molar refractivity (Wildman–Crippen MR) is 43.9 cm³/mol. The fraction of sp³-hybridized carbons (Fsp3) is 0.500. The van der Waals surface area contributed by atoms with Crippen molar-refractivity contribution < 1.29 is 9.84 Å². The Morgan fingerprint density at radius 2 is 2.25 bits per heavy atom. The molecule has 0 radical (unpaired) electrons. The summed E-state index contributed by atoms with van der Waals surface area (Å²) < 4.78 is 5.25. The van der Waals surface area contributed by atoms with Crippen molar-refractivity contribution in [2.24, 2.45) is 0 Å². The van der Waals surface area contributed by atoms with Crippen LogP contribution in [0.5, 0.6) is 5.75 Å². The van der Waals surface area contributed by atoms with Crippen LogP contribution in [0.1, 0.15) is 18.3 Å². The van der Waals surface area contributed by atoms with E-state index < -0.39 is 0 Å². The quantitative estimate of drug-likeness (QED) is 0.721. The Balaban J connectivity index is 2.95. The second kappa shape index (κ2) is 4.01. The molecule has 0 fully saturated rings. The van der Waals surface area contributed by atoms with Crippen LogP contribution in [0.15, 0.2) is 6.07 Å². The number of rotatable bonds is 3. The first-order valence-corrected chi connectivity index (χ1v) is 3.84. The highest BCUT2D eigenvalue weighted by atomic mass is 16.5. The van der Waals surface area contributed by atoms with Crippen LogP contribution in [0.2, 0.25) is 0 Å². The van der Waals surface area contributed by atoms with E-state index in [0.717, 1.165) is 5.69 Å². The van der Waals surface area contributed by atoms with Crippen molar-refractivity contribution in [3.05, 3.63) is 17.5 Å². The van der Waals surface area contributed by atoms with Crippen molar-refractivity contribution in [3.63, 3.8) is 0 Å². The van der Waals surface area contributed by atoms with Gasteiger partial charge in [0.25, 0.3) is 0 Å². The van der Waals surface area contributed by atoms with Crippen molar-refractivity contribution in [1.82, 2.24) is 10.2 Å². The summed E-state index contributed by atoms with van der Waals surface area (Å²) in [6.07, 6.45) is 0. The Hall–Kier alpha value is -1.16. The van der Waals surface area contributed by atoms with Crippen LogP contribution in [-0.2, 0) is 6.61 Å². The SMILES string of the molecule is CCOc1cc(C)nnc1CO. The second-order valence-corrected chi connectivity index (χ2v) is 2.39. The molecule has 0 saturated carbocycles. The number of ether oxygens (including phenoxy) is 1. The minimum atomic E-state index is -0.136. The molecule has 0 aliphatic heterocycles. The number of nitrogens with zero attached hydrogens (tertiary/aromatic N) is 2. The van der Waals surface area contributed by atoms with Crippen LogP contribution in [0.25, 0.3) is 0 Å². The van der Waals surface area contributed by atoms with Crippen molar-refractivity contribution in [2.45, 2.75) is 20.5 Å². The summed E-state index contributed by atoms with van der Waals surface area (Å²) in [7, 11) is 0. The second-order valence-electron chi connectivity index (χ2n) is 2.39. The van der Waals surface area contributed by atoms with E-state index in [9.17, 15) is 0 Å². The van der Waals surface area contributed by atoms with Gasteiger partial charge in [0.1, 0.15) is 11.4 Å². The van der Waals surface area contributed by atoms with Crippen LogP contribution in [0.3, 0.4) is 0 Å². The molecule has 4 heteroatoms. The Bertz CT molecular complexity index is 263. The summed E-state index contributed by atoms with van der Waals surface area (Å²) in [4.78, 5) is 0. The summed E-state index contributed by atoms with van der Waals surface area (Å²) in [5, 5.41) is 16.4. The molecule has 1 aromatic heterocycles. The Morgan fingerprint density at radius 3 is 2.83 bits per heavy atom. The number of aliphatic hydroxyl groups is 1. The predicted octanol–water partition coefficient (Wildman–Crippen LogP) is 0.676.